The first-order valence-corrected chi connectivity index (χ1v) is 8.97. The Labute approximate surface area is 165 Å². The molecule has 0 aliphatic rings. The highest BCUT2D eigenvalue weighted by Crippen LogP contribution is 2.11. The Morgan fingerprint density at radius 3 is 2.36 bits per heavy atom. The first-order valence-electron chi connectivity index (χ1n) is 8.97. The number of carbonyl (C=O) groups excluding carboxylic acids is 2. The van der Waals surface area contributed by atoms with Gasteiger partial charge >= 0.3 is 6.09 Å². The lowest BCUT2D eigenvalue weighted by atomic mass is 10.1. The summed E-state index contributed by atoms with van der Waals surface area (Å²) in [5, 5.41) is 17.2. The van der Waals surface area contributed by atoms with Gasteiger partial charge in [-0.05, 0) is 44.9 Å². The minimum atomic E-state index is -0.560. The Kier molecular flexibility index (Phi) is 9.37. The number of carbonyl (C=O) groups is 2. The van der Waals surface area contributed by atoms with E-state index in [1.807, 2.05) is 30.3 Å². The second-order valence-corrected chi connectivity index (χ2v) is 6.91. The lowest BCUT2D eigenvalue weighted by Gasteiger charge is -2.19. The van der Waals surface area contributed by atoms with Crippen molar-refractivity contribution in [1.82, 2.24) is 16.0 Å². The number of alkyl carbamates (subject to hydrolysis) is 1. The smallest absolute Gasteiger partial charge is 0.407 e. The third kappa shape index (κ3) is 9.48. The average molecular weight is 388 g/mol. The number of hydrogen-bond donors (Lipinski definition) is 3. The molecule has 0 aliphatic heterocycles. The predicted molar refractivity (Wildman–Crippen MR) is 106 cm³/mol. The lowest BCUT2D eigenvalue weighted by molar-refractivity contribution is -0.117. The van der Waals surface area contributed by atoms with E-state index in [0.717, 1.165) is 11.3 Å². The zero-order chi connectivity index (χ0) is 21.0. The molecule has 1 aromatic rings. The SMILES string of the molecule is COc1ccc(CCNC(=O)/C(C#N)=C\NCCNC(=O)OC(C)(C)C)cc1. The summed E-state index contributed by atoms with van der Waals surface area (Å²) in [7, 11) is 1.60. The number of rotatable bonds is 9. The molecule has 0 atom stereocenters. The minimum Gasteiger partial charge on any atom is -0.497 e. The summed E-state index contributed by atoms with van der Waals surface area (Å²) >= 11 is 0. The van der Waals surface area contributed by atoms with Crippen LogP contribution < -0.4 is 20.7 Å². The predicted octanol–water partition coefficient (Wildman–Crippen LogP) is 1.88. The van der Waals surface area contributed by atoms with Gasteiger partial charge in [0, 0.05) is 25.8 Å². The lowest BCUT2D eigenvalue weighted by Crippen LogP contribution is -2.35. The minimum absolute atomic E-state index is 0.0352. The summed E-state index contributed by atoms with van der Waals surface area (Å²) in [6.07, 6.45) is 1.45. The van der Waals surface area contributed by atoms with Gasteiger partial charge in [-0.1, -0.05) is 12.1 Å². The number of benzene rings is 1. The van der Waals surface area contributed by atoms with Crippen LogP contribution in [-0.2, 0) is 16.0 Å². The van der Waals surface area contributed by atoms with E-state index >= 15 is 0 Å². The molecule has 3 N–H and O–H groups in total. The molecule has 0 saturated carbocycles. The van der Waals surface area contributed by atoms with E-state index in [1.165, 1.54) is 6.20 Å². The quantitative estimate of drug-likeness (QED) is 0.338. The summed E-state index contributed by atoms with van der Waals surface area (Å²) in [6, 6.07) is 9.41. The number of nitrogens with one attached hydrogen (secondary N) is 3. The standard InChI is InChI=1S/C20H28N4O4/c1-20(2,3)28-19(26)24-12-11-22-14-16(13-21)18(25)23-10-9-15-5-7-17(27-4)8-6-15/h5-8,14,22H,9-12H2,1-4H3,(H,23,25)(H,24,26)/b16-14-. The largest absolute Gasteiger partial charge is 0.497 e. The Balaban J connectivity index is 2.31. The molecule has 28 heavy (non-hydrogen) atoms. The van der Waals surface area contributed by atoms with Crippen LogP contribution in [0.4, 0.5) is 4.79 Å². The normalized spacial score (nSPS) is 11.2. The van der Waals surface area contributed by atoms with Crippen LogP contribution in [0.5, 0.6) is 5.75 Å². The van der Waals surface area contributed by atoms with Crippen LogP contribution in [0.3, 0.4) is 0 Å². The van der Waals surface area contributed by atoms with Crippen molar-refractivity contribution in [3.8, 4) is 11.8 Å². The maximum atomic E-state index is 12.0. The number of ether oxygens (including phenoxy) is 2. The molecule has 2 amide bonds. The zero-order valence-electron chi connectivity index (χ0n) is 16.8. The third-order valence-electron chi connectivity index (χ3n) is 3.41. The van der Waals surface area contributed by atoms with E-state index in [0.29, 0.717) is 26.1 Å². The van der Waals surface area contributed by atoms with Crippen LogP contribution in [0.25, 0.3) is 0 Å². The van der Waals surface area contributed by atoms with Crippen molar-refractivity contribution in [3.63, 3.8) is 0 Å². The summed E-state index contributed by atoms with van der Waals surface area (Å²) in [5.41, 5.74) is 0.455. The molecule has 0 aromatic heterocycles. The first kappa shape index (κ1) is 22.8. The van der Waals surface area contributed by atoms with Gasteiger partial charge in [-0.25, -0.2) is 4.79 Å². The Morgan fingerprint density at radius 1 is 1.11 bits per heavy atom. The first-order chi connectivity index (χ1) is 13.2. The van der Waals surface area contributed by atoms with Gasteiger partial charge in [-0.2, -0.15) is 5.26 Å². The Hall–Kier alpha value is -3.21. The molecule has 1 aromatic carbocycles. The van der Waals surface area contributed by atoms with Gasteiger partial charge in [0.2, 0.25) is 0 Å². The third-order valence-corrected chi connectivity index (χ3v) is 3.41. The molecule has 0 spiro atoms. The van der Waals surface area contributed by atoms with E-state index in [4.69, 9.17) is 14.7 Å². The van der Waals surface area contributed by atoms with Crippen LogP contribution in [0, 0.1) is 11.3 Å². The van der Waals surface area contributed by atoms with Crippen molar-refractivity contribution in [3.05, 3.63) is 41.6 Å². The molecule has 0 fully saturated rings. The fourth-order valence-electron chi connectivity index (χ4n) is 2.08. The molecule has 8 nitrogen and oxygen atoms in total. The topological polar surface area (TPSA) is 112 Å². The molecule has 8 heteroatoms. The maximum Gasteiger partial charge on any atom is 0.407 e. The molecule has 0 unspecified atom stereocenters. The highest BCUT2D eigenvalue weighted by molar-refractivity contribution is 5.97. The molecular formula is C20H28N4O4. The molecule has 0 radical (unpaired) electrons. The number of nitrogens with zero attached hydrogens (tertiary/aromatic N) is 1. The van der Waals surface area contributed by atoms with Gasteiger partial charge in [-0.15, -0.1) is 0 Å². The molecule has 152 valence electrons. The highest BCUT2D eigenvalue weighted by atomic mass is 16.6. The average Bonchev–Trinajstić information content (AvgIpc) is 2.63. The van der Waals surface area contributed by atoms with Crippen LogP contribution in [-0.4, -0.2) is 44.3 Å². The molecular weight excluding hydrogens is 360 g/mol. The summed E-state index contributed by atoms with van der Waals surface area (Å²) in [4.78, 5) is 23.5. The fourth-order valence-corrected chi connectivity index (χ4v) is 2.08. The second-order valence-electron chi connectivity index (χ2n) is 6.91. The van der Waals surface area contributed by atoms with Gasteiger partial charge in [0.1, 0.15) is 23.0 Å². The number of hydrogen-bond acceptors (Lipinski definition) is 6. The fraction of sp³-hybridized carbons (Fsp3) is 0.450. The van der Waals surface area contributed by atoms with Crippen molar-refractivity contribution < 1.29 is 19.1 Å². The summed E-state index contributed by atoms with van der Waals surface area (Å²) < 4.78 is 10.2. The zero-order valence-corrected chi connectivity index (χ0v) is 16.8. The monoisotopic (exact) mass is 388 g/mol. The van der Waals surface area contributed by atoms with Gasteiger partial charge in [-0.3, -0.25) is 4.79 Å². The number of nitriles is 1. The number of methoxy groups -OCH3 is 1. The van der Waals surface area contributed by atoms with Crippen molar-refractivity contribution >= 4 is 12.0 Å². The Morgan fingerprint density at radius 2 is 1.79 bits per heavy atom. The number of amides is 2. The maximum absolute atomic E-state index is 12.0. The van der Waals surface area contributed by atoms with Gasteiger partial charge < -0.3 is 25.4 Å². The van der Waals surface area contributed by atoms with E-state index < -0.39 is 17.6 Å². The second kappa shape index (κ2) is 11.5. The van der Waals surface area contributed by atoms with Crippen LogP contribution >= 0.6 is 0 Å². The van der Waals surface area contributed by atoms with Crippen LogP contribution in [0.2, 0.25) is 0 Å². The van der Waals surface area contributed by atoms with Gasteiger partial charge in [0.05, 0.1) is 7.11 Å². The van der Waals surface area contributed by atoms with Gasteiger partial charge in [0.15, 0.2) is 0 Å². The molecule has 0 aliphatic carbocycles. The van der Waals surface area contributed by atoms with E-state index in [2.05, 4.69) is 16.0 Å². The highest BCUT2D eigenvalue weighted by Gasteiger charge is 2.15. The van der Waals surface area contributed by atoms with E-state index in [1.54, 1.807) is 27.9 Å². The molecule has 0 bridgehead atoms. The van der Waals surface area contributed by atoms with E-state index in [9.17, 15) is 9.59 Å². The summed E-state index contributed by atoms with van der Waals surface area (Å²) in [5.74, 6) is 0.318. The van der Waals surface area contributed by atoms with Crippen molar-refractivity contribution in [2.45, 2.75) is 32.8 Å². The van der Waals surface area contributed by atoms with Crippen LogP contribution in [0.15, 0.2) is 36.0 Å². The van der Waals surface area contributed by atoms with Crippen molar-refractivity contribution in [1.29, 1.82) is 5.26 Å². The Bertz CT molecular complexity index is 715. The molecule has 0 heterocycles. The summed E-state index contributed by atoms with van der Waals surface area (Å²) in [6.45, 7) is 6.39. The van der Waals surface area contributed by atoms with Crippen LogP contribution in [0.1, 0.15) is 26.3 Å². The van der Waals surface area contributed by atoms with Gasteiger partial charge in [0.25, 0.3) is 5.91 Å². The van der Waals surface area contributed by atoms with E-state index in [-0.39, 0.29) is 5.57 Å². The molecule has 1 rings (SSSR count). The van der Waals surface area contributed by atoms with Crippen molar-refractivity contribution in [2.24, 2.45) is 0 Å². The van der Waals surface area contributed by atoms with Crippen molar-refractivity contribution in [2.75, 3.05) is 26.7 Å². The molecule has 0 saturated heterocycles.